The van der Waals surface area contributed by atoms with Gasteiger partial charge in [-0.3, -0.25) is 10.1 Å². The number of hydrogen-bond acceptors (Lipinski definition) is 6. The third kappa shape index (κ3) is 4.29. The molecule has 1 aliphatic rings. The zero-order valence-corrected chi connectivity index (χ0v) is 14.7. The summed E-state index contributed by atoms with van der Waals surface area (Å²) in [6.07, 6.45) is 2.87. The molecule has 0 aliphatic carbocycles. The Bertz CT molecular complexity index is 822. The standard InChI is InChI=1S/C13H19N3O6S2/c1-23(19,20)14-10-11-6-4-5-9-15(11)24(21,22)13-8-3-2-7-12(13)16(17)18/h2-3,7-8,11,14H,4-6,9-10H2,1H3. The average Bonchev–Trinajstić information content (AvgIpc) is 2.52. The molecule has 0 spiro atoms. The van der Waals surface area contributed by atoms with Crippen LogP contribution in [0.5, 0.6) is 0 Å². The quantitative estimate of drug-likeness (QED) is 0.574. The van der Waals surface area contributed by atoms with Gasteiger partial charge in [0.25, 0.3) is 5.69 Å². The Labute approximate surface area is 140 Å². The summed E-state index contributed by atoms with van der Waals surface area (Å²) in [4.78, 5) is 10.0. The van der Waals surface area contributed by atoms with Crippen LogP contribution in [-0.2, 0) is 20.0 Å². The minimum absolute atomic E-state index is 0.0569. The highest BCUT2D eigenvalue weighted by Gasteiger charge is 2.37. The van der Waals surface area contributed by atoms with E-state index in [1.165, 1.54) is 18.2 Å². The van der Waals surface area contributed by atoms with Gasteiger partial charge in [-0.25, -0.2) is 21.6 Å². The lowest BCUT2D eigenvalue weighted by Gasteiger charge is -2.34. The fourth-order valence-electron chi connectivity index (χ4n) is 2.69. The van der Waals surface area contributed by atoms with Crippen molar-refractivity contribution in [3.05, 3.63) is 34.4 Å². The van der Waals surface area contributed by atoms with Gasteiger partial charge in [0.1, 0.15) is 0 Å². The molecule has 0 aromatic heterocycles. The molecule has 0 radical (unpaired) electrons. The number of piperidine rings is 1. The molecule has 1 aromatic carbocycles. The first-order valence-electron chi connectivity index (χ1n) is 7.33. The number of nitro groups is 1. The molecule has 1 heterocycles. The van der Waals surface area contributed by atoms with Gasteiger partial charge >= 0.3 is 0 Å². The van der Waals surface area contributed by atoms with Gasteiger partial charge in [0.15, 0.2) is 4.90 Å². The molecule has 1 aliphatic heterocycles. The maximum absolute atomic E-state index is 12.9. The molecule has 24 heavy (non-hydrogen) atoms. The Morgan fingerprint density at radius 2 is 1.92 bits per heavy atom. The van der Waals surface area contributed by atoms with Crippen LogP contribution in [0.25, 0.3) is 0 Å². The van der Waals surface area contributed by atoms with Crippen molar-refractivity contribution in [1.29, 1.82) is 0 Å². The normalized spacial score (nSPS) is 20.0. The van der Waals surface area contributed by atoms with E-state index in [0.717, 1.165) is 23.0 Å². The predicted octanol–water partition coefficient (Wildman–Crippen LogP) is 0.687. The van der Waals surface area contributed by atoms with Crippen molar-refractivity contribution in [3.8, 4) is 0 Å². The zero-order chi connectivity index (χ0) is 18.0. The first-order valence-corrected chi connectivity index (χ1v) is 10.7. The average molecular weight is 377 g/mol. The number of sulfonamides is 2. The van der Waals surface area contributed by atoms with Crippen LogP contribution in [0.2, 0.25) is 0 Å². The summed E-state index contributed by atoms with van der Waals surface area (Å²) in [5, 5.41) is 11.1. The van der Waals surface area contributed by atoms with Crippen molar-refractivity contribution < 1.29 is 21.8 Å². The fourth-order valence-corrected chi connectivity index (χ4v) is 5.04. The highest BCUT2D eigenvalue weighted by Crippen LogP contribution is 2.30. The van der Waals surface area contributed by atoms with Gasteiger partial charge < -0.3 is 0 Å². The minimum atomic E-state index is -4.10. The van der Waals surface area contributed by atoms with Crippen LogP contribution in [-0.4, -0.2) is 51.5 Å². The van der Waals surface area contributed by atoms with Crippen LogP contribution in [0.15, 0.2) is 29.2 Å². The Kier molecular flexibility index (Phi) is 5.58. The number of rotatable bonds is 6. The van der Waals surface area contributed by atoms with E-state index in [-0.39, 0.29) is 18.0 Å². The van der Waals surface area contributed by atoms with Crippen LogP contribution >= 0.6 is 0 Å². The Hall–Kier alpha value is -1.56. The molecule has 2 rings (SSSR count). The maximum Gasteiger partial charge on any atom is 0.289 e. The summed E-state index contributed by atoms with van der Waals surface area (Å²) in [7, 11) is -7.56. The van der Waals surface area contributed by atoms with E-state index in [4.69, 9.17) is 0 Å². The van der Waals surface area contributed by atoms with Crippen molar-refractivity contribution in [2.45, 2.75) is 30.2 Å². The van der Waals surface area contributed by atoms with Crippen LogP contribution in [0.3, 0.4) is 0 Å². The summed E-state index contributed by atoms with van der Waals surface area (Å²) in [6, 6.07) is 4.59. The van der Waals surface area contributed by atoms with Gasteiger partial charge in [0.05, 0.1) is 11.2 Å². The van der Waals surface area contributed by atoms with E-state index in [0.29, 0.717) is 12.8 Å². The Morgan fingerprint density at radius 1 is 1.25 bits per heavy atom. The molecule has 0 amide bonds. The van der Waals surface area contributed by atoms with Gasteiger partial charge in [-0.1, -0.05) is 18.6 Å². The zero-order valence-electron chi connectivity index (χ0n) is 13.1. The number of nitrogens with zero attached hydrogens (tertiary/aromatic N) is 2. The molecule has 11 heteroatoms. The lowest BCUT2D eigenvalue weighted by Crippen LogP contribution is -2.49. The second-order valence-electron chi connectivity index (χ2n) is 5.61. The Balaban J connectivity index is 2.37. The smallest absolute Gasteiger partial charge is 0.258 e. The molecule has 1 fully saturated rings. The number of nitro benzene ring substituents is 1. The van der Waals surface area contributed by atoms with Gasteiger partial charge in [0, 0.05) is 25.2 Å². The molecule has 1 unspecified atom stereocenters. The molecule has 9 nitrogen and oxygen atoms in total. The molecule has 1 saturated heterocycles. The van der Waals surface area contributed by atoms with Crippen molar-refractivity contribution >= 4 is 25.7 Å². The monoisotopic (exact) mass is 377 g/mol. The molecule has 134 valence electrons. The van der Waals surface area contributed by atoms with Crippen LogP contribution in [0, 0.1) is 10.1 Å². The van der Waals surface area contributed by atoms with E-state index < -0.39 is 36.7 Å². The van der Waals surface area contributed by atoms with Crippen molar-refractivity contribution in [2.75, 3.05) is 19.3 Å². The SMILES string of the molecule is CS(=O)(=O)NCC1CCCCN1S(=O)(=O)c1ccccc1[N+](=O)[O-]. The van der Waals surface area contributed by atoms with Crippen molar-refractivity contribution in [2.24, 2.45) is 0 Å². The number of hydrogen-bond donors (Lipinski definition) is 1. The maximum atomic E-state index is 12.9. The van der Waals surface area contributed by atoms with Crippen LogP contribution < -0.4 is 4.72 Å². The van der Waals surface area contributed by atoms with Gasteiger partial charge in [-0.15, -0.1) is 0 Å². The second kappa shape index (κ2) is 7.13. The summed E-state index contributed by atoms with van der Waals surface area (Å²) in [6.45, 7) is 0.142. The molecular weight excluding hydrogens is 358 g/mol. The van der Waals surface area contributed by atoms with Crippen molar-refractivity contribution in [3.63, 3.8) is 0 Å². The summed E-state index contributed by atoms with van der Waals surface area (Å²) < 4.78 is 51.8. The van der Waals surface area contributed by atoms with Gasteiger partial charge in [-0.05, 0) is 18.9 Å². The topological polar surface area (TPSA) is 127 Å². The minimum Gasteiger partial charge on any atom is -0.258 e. The van der Waals surface area contributed by atoms with E-state index in [1.54, 1.807) is 0 Å². The third-order valence-corrected chi connectivity index (χ3v) is 6.49. The molecular formula is C13H19N3O6S2. The highest BCUT2D eigenvalue weighted by atomic mass is 32.2. The fraction of sp³-hybridized carbons (Fsp3) is 0.538. The first kappa shape index (κ1) is 18.8. The Morgan fingerprint density at radius 3 is 2.54 bits per heavy atom. The molecule has 1 atom stereocenters. The molecule has 0 saturated carbocycles. The summed E-state index contributed by atoms with van der Waals surface area (Å²) in [5.74, 6) is 0. The lowest BCUT2D eigenvalue weighted by atomic mass is 10.1. The van der Waals surface area contributed by atoms with Crippen LogP contribution in [0.4, 0.5) is 5.69 Å². The van der Waals surface area contributed by atoms with Crippen LogP contribution in [0.1, 0.15) is 19.3 Å². The van der Waals surface area contributed by atoms with E-state index in [2.05, 4.69) is 4.72 Å². The lowest BCUT2D eigenvalue weighted by molar-refractivity contribution is -0.387. The van der Waals surface area contributed by atoms with Gasteiger partial charge in [-0.2, -0.15) is 4.31 Å². The van der Waals surface area contributed by atoms with E-state index in [1.807, 2.05) is 0 Å². The molecule has 1 aromatic rings. The summed E-state index contributed by atoms with van der Waals surface area (Å²) >= 11 is 0. The number of benzene rings is 1. The molecule has 1 N–H and O–H groups in total. The van der Waals surface area contributed by atoms with E-state index >= 15 is 0 Å². The third-order valence-electron chi connectivity index (χ3n) is 3.80. The predicted molar refractivity (Wildman–Crippen MR) is 87.5 cm³/mol. The number of nitrogens with one attached hydrogen (secondary N) is 1. The largest absolute Gasteiger partial charge is 0.289 e. The second-order valence-corrected chi connectivity index (χ2v) is 9.30. The van der Waals surface area contributed by atoms with E-state index in [9.17, 15) is 26.9 Å². The highest BCUT2D eigenvalue weighted by molar-refractivity contribution is 7.89. The first-order chi connectivity index (χ1) is 11.1. The number of para-hydroxylation sites is 1. The molecule has 0 bridgehead atoms. The van der Waals surface area contributed by atoms with Gasteiger partial charge in [0.2, 0.25) is 20.0 Å². The summed E-state index contributed by atoms with van der Waals surface area (Å²) in [5.41, 5.74) is -0.488. The van der Waals surface area contributed by atoms with Crippen molar-refractivity contribution in [1.82, 2.24) is 9.03 Å².